The smallest absolute Gasteiger partial charge is 0.279 e. The third-order valence-corrected chi connectivity index (χ3v) is 3.58. The van der Waals surface area contributed by atoms with Gasteiger partial charge < -0.3 is 10.6 Å². The highest BCUT2D eigenvalue weighted by Gasteiger charge is 2.23. The van der Waals surface area contributed by atoms with Crippen LogP contribution in [0.3, 0.4) is 0 Å². The van der Waals surface area contributed by atoms with Crippen molar-refractivity contribution in [3.63, 3.8) is 0 Å². The Morgan fingerprint density at radius 2 is 1.96 bits per heavy atom. The Bertz CT molecular complexity index is 739. The zero-order valence-electron chi connectivity index (χ0n) is 12.7. The van der Waals surface area contributed by atoms with Crippen LogP contribution in [0.4, 0.5) is 14.5 Å². The van der Waals surface area contributed by atoms with Crippen LogP contribution in [0.1, 0.15) is 41.0 Å². The van der Waals surface area contributed by atoms with E-state index in [0.29, 0.717) is 11.7 Å². The first-order valence-electron chi connectivity index (χ1n) is 7.54. The quantitative estimate of drug-likeness (QED) is 0.758. The van der Waals surface area contributed by atoms with E-state index in [1.165, 1.54) is 0 Å². The number of amides is 2. The second-order valence-electron chi connectivity index (χ2n) is 5.68. The summed E-state index contributed by atoms with van der Waals surface area (Å²) < 4.78 is 24.9. The molecule has 3 N–H and O–H groups in total. The summed E-state index contributed by atoms with van der Waals surface area (Å²) in [6.45, 7) is 0. The van der Waals surface area contributed by atoms with Gasteiger partial charge in [0.1, 0.15) is 5.69 Å². The molecule has 1 aliphatic carbocycles. The van der Waals surface area contributed by atoms with Crippen LogP contribution in [0.5, 0.6) is 0 Å². The van der Waals surface area contributed by atoms with Crippen LogP contribution in [-0.2, 0) is 11.2 Å². The van der Waals surface area contributed by atoms with Gasteiger partial charge in [-0.2, -0.15) is 5.10 Å². The van der Waals surface area contributed by atoms with E-state index >= 15 is 0 Å². The van der Waals surface area contributed by atoms with E-state index in [2.05, 4.69) is 20.8 Å². The molecule has 0 radical (unpaired) electrons. The number of halogens is 2. The molecule has 1 aromatic carbocycles. The summed E-state index contributed by atoms with van der Waals surface area (Å²) in [6, 6.07) is 8.10. The predicted octanol–water partition coefficient (Wildman–Crippen LogP) is 2.42. The zero-order valence-corrected chi connectivity index (χ0v) is 12.7. The van der Waals surface area contributed by atoms with Crippen molar-refractivity contribution in [2.75, 3.05) is 5.32 Å². The van der Waals surface area contributed by atoms with E-state index in [4.69, 9.17) is 0 Å². The summed E-state index contributed by atoms with van der Waals surface area (Å²) in [6.07, 6.45) is -0.351. The first-order chi connectivity index (χ1) is 11.5. The number of alkyl halides is 2. The molecular formula is C16H16F2N4O2. The summed E-state index contributed by atoms with van der Waals surface area (Å²) in [5.74, 6) is -0.609. The lowest BCUT2D eigenvalue weighted by Crippen LogP contribution is -2.26. The van der Waals surface area contributed by atoms with Gasteiger partial charge >= 0.3 is 0 Å². The van der Waals surface area contributed by atoms with Crippen LogP contribution in [0.15, 0.2) is 30.3 Å². The molecule has 126 valence electrons. The lowest BCUT2D eigenvalue weighted by molar-refractivity contribution is -0.120. The van der Waals surface area contributed by atoms with E-state index in [-0.39, 0.29) is 18.0 Å². The first-order valence-corrected chi connectivity index (χ1v) is 7.54. The van der Waals surface area contributed by atoms with Crippen molar-refractivity contribution >= 4 is 17.5 Å². The summed E-state index contributed by atoms with van der Waals surface area (Å²) >= 11 is 0. The van der Waals surface area contributed by atoms with Crippen molar-refractivity contribution in [3.05, 3.63) is 47.3 Å². The molecule has 8 heteroatoms. The number of hydrogen-bond acceptors (Lipinski definition) is 3. The highest BCUT2D eigenvalue weighted by Crippen LogP contribution is 2.19. The van der Waals surface area contributed by atoms with Gasteiger partial charge in [0.2, 0.25) is 5.91 Å². The maximum absolute atomic E-state index is 12.5. The molecule has 1 aromatic heterocycles. The van der Waals surface area contributed by atoms with Crippen molar-refractivity contribution in [2.45, 2.75) is 31.7 Å². The number of carbonyl (C=O) groups is 2. The molecule has 0 aliphatic heterocycles. The number of aromatic amines is 1. The highest BCUT2D eigenvalue weighted by molar-refractivity contribution is 6.02. The van der Waals surface area contributed by atoms with E-state index in [1.807, 2.05) is 0 Å². The van der Waals surface area contributed by atoms with Crippen molar-refractivity contribution < 1.29 is 18.4 Å². The van der Waals surface area contributed by atoms with Gasteiger partial charge in [0, 0.05) is 11.7 Å². The van der Waals surface area contributed by atoms with Crippen molar-refractivity contribution in [1.29, 1.82) is 0 Å². The van der Waals surface area contributed by atoms with Crippen LogP contribution < -0.4 is 10.6 Å². The maximum atomic E-state index is 12.5. The lowest BCUT2D eigenvalue weighted by atomic mass is 10.1. The number of hydrogen-bond donors (Lipinski definition) is 3. The van der Waals surface area contributed by atoms with Crippen LogP contribution in [-0.4, -0.2) is 28.1 Å². The molecule has 1 heterocycles. The van der Waals surface area contributed by atoms with Crippen molar-refractivity contribution in [1.82, 2.24) is 15.5 Å². The molecule has 2 amide bonds. The molecule has 0 spiro atoms. The number of H-pyrrole nitrogens is 1. The van der Waals surface area contributed by atoms with E-state index < -0.39 is 18.0 Å². The van der Waals surface area contributed by atoms with Gasteiger partial charge in [-0.15, -0.1) is 0 Å². The summed E-state index contributed by atoms with van der Waals surface area (Å²) in [5, 5.41) is 11.1. The Balaban J connectivity index is 1.56. The average Bonchev–Trinajstić information content (AvgIpc) is 3.20. The highest BCUT2D eigenvalue weighted by atomic mass is 19.3. The molecule has 2 aromatic rings. The SMILES string of the molecule is O=C(Cc1ccc(NC(=O)c2cc(C(F)F)[nH]n2)cc1)NC1CC1. The molecule has 0 unspecified atom stereocenters. The van der Waals surface area contributed by atoms with Gasteiger partial charge in [-0.3, -0.25) is 14.7 Å². The molecule has 0 saturated heterocycles. The van der Waals surface area contributed by atoms with Gasteiger partial charge in [0.25, 0.3) is 12.3 Å². The summed E-state index contributed by atoms with van der Waals surface area (Å²) in [7, 11) is 0. The standard InChI is InChI=1S/C16H16F2N4O2/c17-15(18)12-8-13(22-21-12)16(24)20-11-3-1-9(2-4-11)7-14(23)19-10-5-6-10/h1-4,8,10,15H,5-7H2,(H,19,23)(H,20,24)(H,21,22). The van der Waals surface area contributed by atoms with E-state index in [1.54, 1.807) is 24.3 Å². The molecule has 6 nitrogen and oxygen atoms in total. The number of nitrogens with one attached hydrogen (secondary N) is 3. The molecule has 1 saturated carbocycles. The number of nitrogens with zero attached hydrogens (tertiary/aromatic N) is 1. The van der Waals surface area contributed by atoms with Crippen LogP contribution >= 0.6 is 0 Å². The number of aromatic nitrogens is 2. The third kappa shape index (κ3) is 4.15. The lowest BCUT2D eigenvalue weighted by Gasteiger charge is -2.06. The fraction of sp³-hybridized carbons (Fsp3) is 0.312. The Kier molecular flexibility index (Phi) is 4.54. The molecule has 1 fully saturated rings. The minimum absolute atomic E-state index is 0.0228. The Hall–Kier alpha value is -2.77. The number of benzene rings is 1. The maximum Gasteiger partial charge on any atom is 0.279 e. The van der Waals surface area contributed by atoms with Crippen molar-refractivity contribution in [3.8, 4) is 0 Å². The summed E-state index contributed by atoms with van der Waals surface area (Å²) in [5.41, 5.74) is 0.800. The van der Waals surface area contributed by atoms with Gasteiger partial charge in [-0.1, -0.05) is 12.1 Å². The van der Waals surface area contributed by atoms with Gasteiger partial charge in [-0.25, -0.2) is 8.78 Å². The minimum atomic E-state index is -2.71. The largest absolute Gasteiger partial charge is 0.353 e. The normalized spacial score (nSPS) is 13.8. The van der Waals surface area contributed by atoms with Crippen LogP contribution in [0.2, 0.25) is 0 Å². The third-order valence-electron chi connectivity index (χ3n) is 3.58. The van der Waals surface area contributed by atoms with Gasteiger partial charge in [0.05, 0.1) is 6.42 Å². The van der Waals surface area contributed by atoms with Gasteiger partial charge in [-0.05, 0) is 36.6 Å². The minimum Gasteiger partial charge on any atom is -0.353 e. The van der Waals surface area contributed by atoms with Gasteiger partial charge in [0.15, 0.2) is 5.69 Å². The second kappa shape index (κ2) is 6.77. The molecule has 3 rings (SSSR count). The summed E-state index contributed by atoms with van der Waals surface area (Å²) in [4.78, 5) is 23.7. The predicted molar refractivity (Wildman–Crippen MR) is 82.8 cm³/mol. The van der Waals surface area contributed by atoms with Crippen LogP contribution in [0, 0.1) is 0 Å². The Morgan fingerprint density at radius 3 is 2.54 bits per heavy atom. The number of carbonyl (C=O) groups excluding carboxylic acids is 2. The average molecular weight is 334 g/mol. The Labute approximate surface area is 136 Å². The fourth-order valence-corrected chi connectivity index (χ4v) is 2.16. The zero-order chi connectivity index (χ0) is 17.1. The first kappa shape index (κ1) is 16.1. The molecule has 0 atom stereocenters. The number of rotatable bonds is 6. The van der Waals surface area contributed by atoms with Crippen LogP contribution in [0.25, 0.3) is 0 Å². The molecular weight excluding hydrogens is 318 g/mol. The molecule has 24 heavy (non-hydrogen) atoms. The Morgan fingerprint density at radius 1 is 1.25 bits per heavy atom. The van der Waals surface area contributed by atoms with Crippen molar-refractivity contribution in [2.24, 2.45) is 0 Å². The molecule has 0 bridgehead atoms. The van der Waals surface area contributed by atoms with E-state index in [9.17, 15) is 18.4 Å². The molecule has 1 aliphatic rings. The topological polar surface area (TPSA) is 86.9 Å². The monoisotopic (exact) mass is 334 g/mol. The number of anilines is 1. The second-order valence-corrected chi connectivity index (χ2v) is 5.68. The fourth-order valence-electron chi connectivity index (χ4n) is 2.16. The van der Waals surface area contributed by atoms with E-state index in [0.717, 1.165) is 24.5 Å².